The van der Waals surface area contributed by atoms with E-state index in [4.69, 9.17) is 0 Å². The molecule has 2 rings (SSSR count). The van der Waals surface area contributed by atoms with Crippen molar-refractivity contribution in [3.8, 4) is 0 Å². The van der Waals surface area contributed by atoms with Crippen molar-refractivity contribution in [2.45, 2.75) is 11.8 Å². The van der Waals surface area contributed by atoms with Crippen molar-refractivity contribution in [1.82, 2.24) is 0 Å². The molecule has 0 radical (unpaired) electrons. The van der Waals surface area contributed by atoms with Crippen LogP contribution in [0, 0.1) is 5.82 Å². The van der Waals surface area contributed by atoms with Gasteiger partial charge < -0.3 is 0 Å². The lowest BCUT2D eigenvalue weighted by Gasteiger charge is -2.31. The molecule has 20 heavy (non-hydrogen) atoms. The first-order chi connectivity index (χ1) is 9.61. The van der Waals surface area contributed by atoms with Gasteiger partial charge in [-0.05, 0) is 35.7 Å². The third-order valence-corrected chi connectivity index (χ3v) is 6.09. The van der Waals surface area contributed by atoms with Gasteiger partial charge in [-0.2, -0.15) is 0 Å². The van der Waals surface area contributed by atoms with Crippen LogP contribution in [0.25, 0.3) is 0 Å². The average molecular weight is 465 g/mol. The summed E-state index contributed by atoms with van der Waals surface area (Å²) in [6, 6.07) is 15.2. The first kappa shape index (κ1) is 16.2. The van der Waals surface area contributed by atoms with Crippen LogP contribution in [-0.2, 0) is 11.8 Å². The number of hydrogen-bond donors (Lipinski definition) is 0. The molecule has 0 atom stereocenters. The van der Waals surface area contributed by atoms with Crippen LogP contribution in [0.15, 0.2) is 53.0 Å². The third-order valence-electron chi connectivity index (χ3n) is 3.41. The predicted octanol–water partition coefficient (Wildman–Crippen LogP) is 5.86. The van der Waals surface area contributed by atoms with Crippen LogP contribution < -0.4 is 0 Å². The predicted molar refractivity (Wildman–Crippen MR) is 93.5 cm³/mol. The monoisotopic (exact) mass is 462 g/mol. The molecular weight excluding hydrogens is 451 g/mol. The van der Waals surface area contributed by atoms with Crippen LogP contribution in [-0.4, -0.2) is 10.7 Å². The van der Waals surface area contributed by atoms with Crippen molar-refractivity contribution in [1.29, 1.82) is 0 Å². The SMILES string of the molecule is Fc1ccccc1C(CBr)(CBr)Cc1ccc(Br)cc1. The Labute approximate surface area is 144 Å². The van der Waals surface area contributed by atoms with Crippen molar-refractivity contribution < 1.29 is 4.39 Å². The number of rotatable bonds is 5. The zero-order chi connectivity index (χ0) is 14.6. The van der Waals surface area contributed by atoms with Gasteiger partial charge in [-0.1, -0.05) is 78.1 Å². The van der Waals surface area contributed by atoms with Gasteiger partial charge in [0.05, 0.1) is 0 Å². The Morgan fingerprint density at radius 3 is 2.05 bits per heavy atom. The van der Waals surface area contributed by atoms with Gasteiger partial charge in [0, 0.05) is 20.5 Å². The Kier molecular flexibility index (Phi) is 5.82. The number of alkyl halides is 2. The topological polar surface area (TPSA) is 0 Å². The standard InChI is InChI=1S/C16H14Br3F/c17-10-16(11-18,14-3-1-2-4-15(14)20)9-12-5-7-13(19)8-6-12/h1-8H,9-11H2. The van der Waals surface area contributed by atoms with Gasteiger partial charge >= 0.3 is 0 Å². The molecule has 106 valence electrons. The molecule has 0 spiro atoms. The fourth-order valence-corrected chi connectivity index (χ4v) is 4.45. The summed E-state index contributed by atoms with van der Waals surface area (Å²) in [5.41, 5.74) is 1.64. The van der Waals surface area contributed by atoms with Crippen LogP contribution in [0.1, 0.15) is 11.1 Å². The molecule has 0 aromatic heterocycles. The largest absolute Gasteiger partial charge is 0.207 e. The summed E-state index contributed by atoms with van der Waals surface area (Å²) in [6.07, 6.45) is 0.776. The van der Waals surface area contributed by atoms with E-state index in [1.165, 1.54) is 11.6 Å². The molecule has 2 aromatic carbocycles. The van der Waals surface area contributed by atoms with Crippen LogP contribution in [0.2, 0.25) is 0 Å². The molecular formula is C16H14Br3F. The maximum atomic E-state index is 14.2. The van der Waals surface area contributed by atoms with E-state index in [9.17, 15) is 4.39 Å². The van der Waals surface area contributed by atoms with Crippen molar-refractivity contribution in [3.63, 3.8) is 0 Å². The Hall–Kier alpha value is -0.190. The quantitative estimate of drug-likeness (QED) is 0.486. The molecule has 0 N–H and O–H groups in total. The van der Waals surface area contributed by atoms with Crippen LogP contribution in [0.3, 0.4) is 0 Å². The van der Waals surface area contributed by atoms with E-state index in [1.807, 2.05) is 24.3 Å². The summed E-state index contributed by atoms with van der Waals surface area (Å²) in [5, 5.41) is 1.39. The fourth-order valence-electron chi connectivity index (χ4n) is 2.25. The molecule has 0 aliphatic rings. The Morgan fingerprint density at radius 1 is 0.900 bits per heavy atom. The minimum atomic E-state index is -0.292. The van der Waals surface area contributed by atoms with E-state index in [1.54, 1.807) is 6.07 Å². The molecule has 0 heterocycles. The smallest absolute Gasteiger partial charge is 0.127 e. The molecule has 0 unspecified atom stereocenters. The molecule has 0 amide bonds. The molecule has 2 aromatic rings. The second-order valence-electron chi connectivity index (χ2n) is 4.83. The Bertz CT molecular complexity index is 562. The van der Waals surface area contributed by atoms with Gasteiger partial charge in [0.25, 0.3) is 0 Å². The fraction of sp³-hybridized carbons (Fsp3) is 0.250. The normalized spacial score (nSPS) is 11.6. The number of hydrogen-bond acceptors (Lipinski definition) is 0. The summed E-state index contributed by atoms with van der Waals surface area (Å²) in [7, 11) is 0. The van der Waals surface area contributed by atoms with Gasteiger partial charge in [-0.15, -0.1) is 0 Å². The lowest BCUT2D eigenvalue weighted by Crippen LogP contribution is -2.34. The van der Waals surface area contributed by atoms with Crippen molar-refractivity contribution in [2.24, 2.45) is 0 Å². The average Bonchev–Trinajstić information content (AvgIpc) is 2.48. The summed E-state index contributed by atoms with van der Waals surface area (Å²) in [6.45, 7) is 0. The molecule has 0 aliphatic carbocycles. The zero-order valence-corrected chi connectivity index (χ0v) is 15.5. The van der Waals surface area contributed by atoms with E-state index in [2.05, 4.69) is 59.9 Å². The lowest BCUT2D eigenvalue weighted by atomic mass is 9.79. The molecule has 0 aliphatic heterocycles. The summed E-state index contributed by atoms with van der Waals surface area (Å²) in [5.74, 6) is -0.150. The van der Waals surface area contributed by atoms with Gasteiger partial charge in [0.15, 0.2) is 0 Å². The summed E-state index contributed by atoms with van der Waals surface area (Å²) in [4.78, 5) is 0. The van der Waals surface area contributed by atoms with E-state index in [0.29, 0.717) is 10.7 Å². The first-order valence-corrected chi connectivity index (χ1v) is 9.26. The second kappa shape index (κ2) is 7.19. The molecule has 0 nitrogen and oxygen atoms in total. The summed E-state index contributed by atoms with van der Waals surface area (Å²) >= 11 is 10.6. The van der Waals surface area contributed by atoms with Crippen LogP contribution >= 0.6 is 47.8 Å². The number of benzene rings is 2. The van der Waals surface area contributed by atoms with Crippen LogP contribution in [0.5, 0.6) is 0 Å². The van der Waals surface area contributed by atoms with E-state index in [0.717, 1.165) is 16.5 Å². The van der Waals surface area contributed by atoms with E-state index >= 15 is 0 Å². The highest BCUT2D eigenvalue weighted by molar-refractivity contribution is 9.10. The minimum absolute atomic E-state index is 0.150. The van der Waals surface area contributed by atoms with Gasteiger partial charge in [-0.25, -0.2) is 4.39 Å². The van der Waals surface area contributed by atoms with Crippen molar-refractivity contribution in [2.75, 3.05) is 10.7 Å². The van der Waals surface area contributed by atoms with E-state index < -0.39 is 0 Å². The first-order valence-electron chi connectivity index (χ1n) is 6.23. The minimum Gasteiger partial charge on any atom is -0.207 e. The maximum Gasteiger partial charge on any atom is 0.127 e. The van der Waals surface area contributed by atoms with Gasteiger partial charge in [-0.3, -0.25) is 0 Å². The van der Waals surface area contributed by atoms with Gasteiger partial charge in [0.2, 0.25) is 0 Å². The third kappa shape index (κ3) is 3.52. The Balaban J connectivity index is 2.39. The van der Waals surface area contributed by atoms with Crippen molar-refractivity contribution >= 4 is 47.8 Å². The molecule has 0 saturated heterocycles. The van der Waals surface area contributed by atoms with Crippen LogP contribution in [0.4, 0.5) is 4.39 Å². The summed E-state index contributed by atoms with van der Waals surface area (Å²) < 4.78 is 15.2. The second-order valence-corrected chi connectivity index (χ2v) is 6.87. The van der Waals surface area contributed by atoms with Crippen molar-refractivity contribution in [3.05, 3.63) is 69.9 Å². The molecule has 0 bridgehead atoms. The maximum absolute atomic E-state index is 14.2. The molecule has 0 fully saturated rings. The highest BCUT2D eigenvalue weighted by Gasteiger charge is 2.32. The number of halogens is 4. The molecule has 0 saturated carbocycles. The van der Waals surface area contributed by atoms with Gasteiger partial charge in [0.1, 0.15) is 5.82 Å². The van der Waals surface area contributed by atoms with E-state index in [-0.39, 0.29) is 11.2 Å². The molecule has 4 heteroatoms. The highest BCUT2D eigenvalue weighted by atomic mass is 79.9. The highest BCUT2D eigenvalue weighted by Crippen LogP contribution is 2.34. The zero-order valence-electron chi connectivity index (χ0n) is 10.8. The Morgan fingerprint density at radius 2 is 1.50 bits per heavy atom. The lowest BCUT2D eigenvalue weighted by molar-refractivity contribution is 0.501.